The van der Waals surface area contributed by atoms with Crippen LogP contribution in [0.15, 0.2) is 16.9 Å². The zero-order valence-corrected chi connectivity index (χ0v) is 14.9. The average Bonchev–Trinajstić information content (AvgIpc) is 3.33. The predicted molar refractivity (Wildman–Crippen MR) is 91.7 cm³/mol. The van der Waals surface area contributed by atoms with Gasteiger partial charge in [0.2, 0.25) is 5.89 Å². The van der Waals surface area contributed by atoms with Crippen molar-refractivity contribution in [1.82, 2.24) is 25.0 Å². The molecular weight excluding hydrogens is 320 g/mol. The molecule has 0 unspecified atom stereocenters. The highest BCUT2D eigenvalue weighted by Crippen LogP contribution is 2.39. The molecule has 3 heterocycles. The van der Waals surface area contributed by atoms with Crippen LogP contribution >= 0.6 is 0 Å². The van der Waals surface area contributed by atoms with Gasteiger partial charge < -0.3 is 14.2 Å². The Morgan fingerprint density at radius 2 is 2.00 bits per heavy atom. The lowest BCUT2D eigenvalue weighted by Crippen LogP contribution is -2.47. The molecule has 0 aromatic carbocycles. The summed E-state index contributed by atoms with van der Waals surface area (Å²) >= 11 is 0. The molecule has 134 valence electrons. The minimum absolute atomic E-state index is 0.0441. The van der Waals surface area contributed by atoms with E-state index in [9.17, 15) is 0 Å². The van der Waals surface area contributed by atoms with Gasteiger partial charge >= 0.3 is 0 Å². The van der Waals surface area contributed by atoms with Crippen LogP contribution in [0.1, 0.15) is 50.4 Å². The van der Waals surface area contributed by atoms with E-state index >= 15 is 0 Å². The molecule has 2 aliphatic rings. The summed E-state index contributed by atoms with van der Waals surface area (Å²) in [5.74, 6) is 3.38. The van der Waals surface area contributed by atoms with E-state index in [4.69, 9.17) is 9.26 Å². The summed E-state index contributed by atoms with van der Waals surface area (Å²) in [6.45, 7) is 6.43. The highest BCUT2D eigenvalue weighted by atomic mass is 16.5. The van der Waals surface area contributed by atoms with E-state index in [0.29, 0.717) is 17.7 Å². The van der Waals surface area contributed by atoms with Gasteiger partial charge in [0.05, 0.1) is 6.10 Å². The Balaban J connectivity index is 1.55. The van der Waals surface area contributed by atoms with E-state index in [1.54, 1.807) is 12.4 Å². The van der Waals surface area contributed by atoms with Crippen LogP contribution in [0, 0.1) is 0 Å². The van der Waals surface area contributed by atoms with Crippen LogP contribution in [0.5, 0.6) is 5.88 Å². The maximum atomic E-state index is 5.83. The highest BCUT2D eigenvalue weighted by molar-refractivity contribution is 5.48. The molecule has 2 aromatic rings. The lowest BCUT2D eigenvalue weighted by molar-refractivity contribution is 0.175. The van der Waals surface area contributed by atoms with Crippen LogP contribution in [0.25, 0.3) is 0 Å². The molecule has 1 saturated heterocycles. The average molecular weight is 344 g/mol. The van der Waals surface area contributed by atoms with Crippen LogP contribution in [0.2, 0.25) is 0 Å². The Kier molecular flexibility index (Phi) is 4.29. The molecule has 1 aliphatic carbocycles. The van der Waals surface area contributed by atoms with E-state index in [2.05, 4.69) is 37.0 Å². The van der Waals surface area contributed by atoms with Crippen LogP contribution < -0.4 is 9.64 Å². The maximum Gasteiger partial charge on any atom is 0.257 e. The molecule has 1 saturated carbocycles. The van der Waals surface area contributed by atoms with Gasteiger partial charge in [-0.25, -0.2) is 9.97 Å². The third kappa shape index (κ3) is 3.44. The molecule has 2 fully saturated rings. The molecule has 8 heteroatoms. The third-order valence-corrected chi connectivity index (χ3v) is 4.63. The second kappa shape index (κ2) is 6.59. The Morgan fingerprint density at radius 3 is 2.76 bits per heavy atom. The van der Waals surface area contributed by atoms with Crippen LogP contribution in [-0.2, 0) is 0 Å². The van der Waals surface area contributed by atoms with Crippen molar-refractivity contribution in [3.8, 4) is 5.88 Å². The Morgan fingerprint density at radius 1 is 1.20 bits per heavy atom. The zero-order chi connectivity index (χ0) is 17.4. The monoisotopic (exact) mass is 344 g/mol. The van der Waals surface area contributed by atoms with Crippen molar-refractivity contribution < 1.29 is 9.26 Å². The first-order chi connectivity index (χ1) is 12.1. The topological polar surface area (TPSA) is 80.4 Å². The van der Waals surface area contributed by atoms with E-state index in [-0.39, 0.29) is 12.1 Å². The second-order valence-electron chi connectivity index (χ2n) is 7.06. The van der Waals surface area contributed by atoms with Gasteiger partial charge in [-0.05, 0) is 33.7 Å². The minimum Gasteiger partial charge on any atom is -0.472 e. The van der Waals surface area contributed by atoms with Gasteiger partial charge in [-0.2, -0.15) is 4.98 Å². The van der Waals surface area contributed by atoms with Gasteiger partial charge in [0, 0.05) is 37.9 Å². The number of hydrogen-bond acceptors (Lipinski definition) is 8. The Hall–Kier alpha value is -2.22. The van der Waals surface area contributed by atoms with Gasteiger partial charge in [-0.3, -0.25) is 4.90 Å². The summed E-state index contributed by atoms with van der Waals surface area (Å²) < 4.78 is 11.4. The van der Waals surface area contributed by atoms with Gasteiger partial charge in [-0.15, -0.1) is 0 Å². The lowest BCUT2D eigenvalue weighted by Gasteiger charge is -2.38. The fourth-order valence-electron chi connectivity index (χ4n) is 3.06. The van der Waals surface area contributed by atoms with E-state index in [0.717, 1.165) is 31.3 Å². The zero-order valence-electron chi connectivity index (χ0n) is 14.9. The molecule has 4 rings (SSSR count). The highest BCUT2D eigenvalue weighted by Gasteiger charge is 2.35. The molecule has 1 aliphatic heterocycles. The quantitative estimate of drug-likeness (QED) is 0.815. The maximum absolute atomic E-state index is 5.83. The molecule has 0 spiro atoms. The van der Waals surface area contributed by atoms with E-state index in [1.807, 2.05) is 13.8 Å². The summed E-state index contributed by atoms with van der Waals surface area (Å²) in [4.78, 5) is 17.9. The smallest absolute Gasteiger partial charge is 0.257 e. The fraction of sp³-hybridized carbons (Fsp3) is 0.647. The normalized spacial score (nSPS) is 21.8. The van der Waals surface area contributed by atoms with Gasteiger partial charge in [0.25, 0.3) is 5.88 Å². The number of likely N-dealkylation sites (N-methyl/N-ethyl adjacent to an activating group) is 1. The molecule has 0 N–H and O–H groups in total. The SMILES string of the molecule is CC(C)Oc1nccnc1N1CCN(C)[C@H](c2nc(C3CC3)no2)C1. The fourth-order valence-corrected chi connectivity index (χ4v) is 3.06. The van der Waals surface area contributed by atoms with Crippen molar-refractivity contribution in [2.45, 2.75) is 44.8 Å². The number of ether oxygens (including phenoxy) is 1. The summed E-state index contributed by atoms with van der Waals surface area (Å²) in [5.41, 5.74) is 0. The summed E-state index contributed by atoms with van der Waals surface area (Å²) in [6, 6.07) is 0.0441. The standard InChI is InChI=1S/C17H24N6O2/c1-11(2)24-17-15(18-6-7-19-17)23-9-8-22(3)13(10-23)16-20-14(21-25-16)12-4-5-12/h6-7,11-13H,4-5,8-10H2,1-3H3/t13-/m0/s1. The molecule has 0 amide bonds. The molecule has 25 heavy (non-hydrogen) atoms. The van der Waals surface area contributed by atoms with Gasteiger partial charge in [0.15, 0.2) is 11.6 Å². The van der Waals surface area contributed by atoms with E-state index < -0.39 is 0 Å². The molecular formula is C17H24N6O2. The van der Waals surface area contributed by atoms with Gasteiger partial charge in [-0.1, -0.05) is 5.16 Å². The lowest BCUT2D eigenvalue weighted by atomic mass is 10.1. The van der Waals surface area contributed by atoms with Crippen LogP contribution in [0.4, 0.5) is 5.82 Å². The Bertz CT molecular complexity index is 729. The number of aromatic nitrogens is 4. The molecule has 8 nitrogen and oxygen atoms in total. The van der Waals surface area contributed by atoms with E-state index in [1.165, 1.54) is 12.8 Å². The van der Waals surface area contributed by atoms with Crippen molar-refractivity contribution >= 4 is 5.82 Å². The number of anilines is 1. The number of nitrogens with zero attached hydrogens (tertiary/aromatic N) is 6. The van der Waals surface area contributed by atoms with Crippen molar-refractivity contribution in [3.05, 3.63) is 24.1 Å². The first-order valence-corrected chi connectivity index (χ1v) is 8.88. The summed E-state index contributed by atoms with van der Waals surface area (Å²) in [7, 11) is 2.09. The van der Waals surface area contributed by atoms with Crippen LogP contribution in [-0.4, -0.2) is 57.8 Å². The predicted octanol–water partition coefficient (Wildman–Crippen LogP) is 2.02. The van der Waals surface area contributed by atoms with Crippen molar-refractivity contribution in [2.75, 3.05) is 31.6 Å². The first kappa shape index (κ1) is 16.3. The largest absolute Gasteiger partial charge is 0.472 e. The molecule has 0 bridgehead atoms. The number of piperazine rings is 1. The number of hydrogen-bond donors (Lipinski definition) is 0. The molecule has 1 atom stereocenters. The van der Waals surface area contributed by atoms with Crippen molar-refractivity contribution in [1.29, 1.82) is 0 Å². The van der Waals surface area contributed by atoms with Gasteiger partial charge in [0.1, 0.15) is 6.04 Å². The first-order valence-electron chi connectivity index (χ1n) is 8.88. The Labute approximate surface area is 147 Å². The summed E-state index contributed by atoms with van der Waals surface area (Å²) in [6.07, 6.45) is 5.75. The molecule has 0 radical (unpaired) electrons. The number of rotatable bonds is 5. The minimum atomic E-state index is 0.0441. The second-order valence-corrected chi connectivity index (χ2v) is 7.06. The third-order valence-electron chi connectivity index (χ3n) is 4.63. The van der Waals surface area contributed by atoms with Crippen molar-refractivity contribution in [3.63, 3.8) is 0 Å². The summed E-state index contributed by atoms with van der Waals surface area (Å²) in [5, 5.41) is 4.16. The molecule has 2 aromatic heterocycles. The van der Waals surface area contributed by atoms with Crippen LogP contribution in [0.3, 0.4) is 0 Å². The van der Waals surface area contributed by atoms with Crippen molar-refractivity contribution in [2.24, 2.45) is 0 Å².